The summed E-state index contributed by atoms with van der Waals surface area (Å²) < 4.78 is 0. The first kappa shape index (κ1) is 21.7. The zero-order valence-electron chi connectivity index (χ0n) is 16.3. The second-order valence-corrected chi connectivity index (χ2v) is 7.71. The molecule has 0 bridgehead atoms. The monoisotopic (exact) mass is 393 g/mol. The van der Waals surface area contributed by atoms with Crippen LogP contribution in [0.4, 0.5) is 0 Å². The normalized spacial score (nSPS) is 15.5. The minimum atomic E-state index is 0.0476. The van der Waals surface area contributed by atoms with Crippen LogP contribution in [-0.2, 0) is 16.0 Å². The molecular formula is C21H32ClN3O2. The molecule has 1 aliphatic rings. The summed E-state index contributed by atoms with van der Waals surface area (Å²) in [7, 11) is 0. The molecule has 0 aromatic heterocycles. The fourth-order valence-corrected chi connectivity index (χ4v) is 3.47. The van der Waals surface area contributed by atoms with Crippen molar-refractivity contribution in [2.75, 3.05) is 32.7 Å². The van der Waals surface area contributed by atoms with Gasteiger partial charge in [-0.3, -0.25) is 14.5 Å². The fourth-order valence-electron chi connectivity index (χ4n) is 3.34. The highest BCUT2D eigenvalue weighted by atomic mass is 35.5. The number of benzene rings is 1. The van der Waals surface area contributed by atoms with E-state index < -0.39 is 0 Å². The summed E-state index contributed by atoms with van der Waals surface area (Å²) in [6, 6.07) is 7.69. The molecule has 27 heavy (non-hydrogen) atoms. The summed E-state index contributed by atoms with van der Waals surface area (Å²) in [4.78, 5) is 26.4. The molecule has 0 saturated carbocycles. The minimum absolute atomic E-state index is 0.0476. The van der Waals surface area contributed by atoms with Crippen LogP contribution in [0.15, 0.2) is 24.3 Å². The van der Waals surface area contributed by atoms with Crippen molar-refractivity contribution in [1.82, 2.24) is 15.5 Å². The molecule has 1 saturated heterocycles. The molecule has 0 atom stereocenters. The van der Waals surface area contributed by atoms with E-state index in [0.29, 0.717) is 13.1 Å². The van der Waals surface area contributed by atoms with Gasteiger partial charge < -0.3 is 10.6 Å². The van der Waals surface area contributed by atoms with Gasteiger partial charge in [0, 0.05) is 24.0 Å². The lowest BCUT2D eigenvalue weighted by Crippen LogP contribution is -2.44. The molecule has 2 amide bonds. The number of rotatable bonds is 10. The number of halogens is 1. The molecule has 6 heteroatoms. The van der Waals surface area contributed by atoms with E-state index in [2.05, 4.69) is 22.5 Å². The van der Waals surface area contributed by atoms with Gasteiger partial charge in [-0.05, 0) is 56.5 Å². The third kappa shape index (κ3) is 8.31. The molecule has 1 heterocycles. The third-order valence-corrected chi connectivity index (χ3v) is 5.31. The van der Waals surface area contributed by atoms with E-state index in [4.69, 9.17) is 11.6 Å². The van der Waals surface area contributed by atoms with Crippen LogP contribution in [0.2, 0.25) is 5.02 Å². The third-order valence-electron chi connectivity index (χ3n) is 5.05. The van der Waals surface area contributed by atoms with E-state index in [1.165, 1.54) is 0 Å². The summed E-state index contributed by atoms with van der Waals surface area (Å²) in [5.41, 5.74) is 1.16. The van der Waals surface area contributed by atoms with Gasteiger partial charge in [-0.25, -0.2) is 0 Å². The predicted molar refractivity (Wildman–Crippen MR) is 110 cm³/mol. The number of hydrogen-bond acceptors (Lipinski definition) is 3. The zero-order chi connectivity index (χ0) is 19.5. The van der Waals surface area contributed by atoms with Crippen molar-refractivity contribution in [2.24, 2.45) is 5.92 Å². The van der Waals surface area contributed by atoms with E-state index in [9.17, 15) is 9.59 Å². The van der Waals surface area contributed by atoms with Crippen molar-refractivity contribution in [1.29, 1.82) is 0 Å². The van der Waals surface area contributed by atoms with Gasteiger partial charge in [-0.2, -0.15) is 0 Å². The number of carbonyl (C=O) groups excluding carboxylic acids is 2. The number of nitrogens with zero attached hydrogens (tertiary/aromatic N) is 1. The summed E-state index contributed by atoms with van der Waals surface area (Å²) in [6.45, 7) is 5.58. The van der Waals surface area contributed by atoms with Crippen LogP contribution in [-0.4, -0.2) is 49.4 Å². The van der Waals surface area contributed by atoms with E-state index in [-0.39, 0.29) is 17.7 Å². The molecule has 150 valence electrons. The van der Waals surface area contributed by atoms with Crippen molar-refractivity contribution in [3.8, 4) is 0 Å². The van der Waals surface area contributed by atoms with E-state index in [1.807, 2.05) is 24.3 Å². The molecule has 0 unspecified atom stereocenters. The van der Waals surface area contributed by atoms with Gasteiger partial charge in [-0.1, -0.05) is 43.5 Å². The van der Waals surface area contributed by atoms with Crippen molar-refractivity contribution in [2.45, 2.75) is 45.4 Å². The lowest BCUT2D eigenvalue weighted by molar-refractivity contribution is -0.126. The van der Waals surface area contributed by atoms with Gasteiger partial charge in [-0.15, -0.1) is 0 Å². The first-order valence-corrected chi connectivity index (χ1v) is 10.5. The summed E-state index contributed by atoms with van der Waals surface area (Å²) in [5.74, 6) is 0.320. The average Bonchev–Trinajstić information content (AvgIpc) is 2.67. The number of piperidine rings is 1. The lowest BCUT2D eigenvalue weighted by Gasteiger charge is -2.30. The Hall–Kier alpha value is -1.59. The van der Waals surface area contributed by atoms with E-state index >= 15 is 0 Å². The number of likely N-dealkylation sites (tertiary alicyclic amines) is 1. The van der Waals surface area contributed by atoms with Crippen LogP contribution in [0.3, 0.4) is 0 Å². The Morgan fingerprint density at radius 3 is 2.44 bits per heavy atom. The number of hydrogen-bond donors (Lipinski definition) is 2. The Morgan fingerprint density at radius 2 is 1.78 bits per heavy atom. The van der Waals surface area contributed by atoms with Crippen molar-refractivity contribution < 1.29 is 9.59 Å². The highest BCUT2D eigenvalue weighted by Crippen LogP contribution is 2.17. The first-order valence-electron chi connectivity index (χ1n) is 10.1. The standard InChI is InChI=1S/C21H32ClN3O2/c1-2-3-4-12-24-21(27)18-10-14-25(15-11-18)16-20(26)23-13-9-17-5-7-19(22)8-6-17/h5-8,18H,2-4,9-16H2,1H3,(H,23,26)(H,24,27). The van der Waals surface area contributed by atoms with Crippen molar-refractivity contribution >= 4 is 23.4 Å². The molecule has 1 aromatic carbocycles. The molecule has 1 aliphatic heterocycles. The Labute approximate surface area is 167 Å². The van der Waals surface area contributed by atoms with Gasteiger partial charge in [0.2, 0.25) is 11.8 Å². The van der Waals surface area contributed by atoms with Crippen LogP contribution in [0.5, 0.6) is 0 Å². The van der Waals surface area contributed by atoms with Crippen LogP contribution in [0, 0.1) is 5.92 Å². The Balaban J connectivity index is 1.58. The topological polar surface area (TPSA) is 61.4 Å². The molecular weight excluding hydrogens is 362 g/mol. The summed E-state index contributed by atoms with van der Waals surface area (Å²) in [6.07, 6.45) is 5.83. The van der Waals surface area contributed by atoms with E-state index in [0.717, 1.165) is 68.7 Å². The highest BCUT2D eigenvalue weighted by molar-refractivity contribution is 6.30. The molecule has 5 nitrogen and oxygen atoms in total. The van der Waals surface area contributed by atoms with Crippen molar-refractivity contribution in [3.05, 3.63) is 34.9 Å². The first-order chi connectivity index (χ1) is 13.1. The number of nitrogens with one attached hydrogen (secondary N) is 2. The second-order valence-electron chi connectivity index (χ2n) is 7.27. The molecule has 1 fully saturated rings. The predicted octanol–water partition coefficient (Wildman–Crippen LogP) is 3.02. The number of unbranched alkanes of at least 4 members (excludes halogenated alkanes) is 2. The average molecular weight is 394 g/mol. The summed E-state index contributed by atoms with van der Waals surface area (Å²) in [5, 5.41) is 6.74. The van der Waals surface area contributed by atoms with Crippen LogP contribution >= 0.6 is 11.6 Å². The maximum absolute atomic E-state index is 12.2. The van der Waals surface area contributed by atoms with Gasteiger partial charge >= 0.3 is 0 Å². The Kier molecular flexibility index (Phi) is 9.64. The highest BCUT2D eigenvalue weighted by Gasteiger charge is 2.25. The maximum atomic E-state index is 12.2. The largest absolute Gasteiger partial charge is 0.356 e. The van der Waals surface area contributed by atoms with Gasteiger partial charge in [0.05, 0.1) is 6.54 Å². The quantitative estimate of drug-likeness (QED) is 0.600. The zero-order valence-corrected chi connectivity index (χ0v) is 17.1. The molecule has 1 aromatic rings. The van der Waals surface area contributed by atoms with Gasteiger partial charge in [0.1, 0.15) is 0 Å². The van der Waals surface area contributed by atoms with Crippen LogP contribution < -0.4 is 10.6 Å². The second kappa shape index (κ2) is 12.0. The van der Waals surface area contributed by atoms with Crippen LogP contribution in [0.1, 0.15) is 44.6 Å². The Morgan fingerprint density at radius 1 is 1.07 bits per heavy atom. The number of carbonyl (C=O) groups is 2. The smallest absolute Gasteiger partial charge is 0.234 e. The SMILES string of the molecule is CCCCCNC(=O)C1CCN(CC(=O)NCCc2ccc(Cl)cc2)CC1. The number of amides is 2. The van der Waals surface area contributed by atoms with Gasteiger partial charge in [0.15, 0.2) is 0 Å². The van der Waals surface area contributed by atoms with Crippen molar-refractivity contribution in [3.63, 3.8) is 0 Å². The van der Waals surface area contributed by atoms with Gasteiger partial charge in [0.25, 0.3) is 0 Å². The van der Waals surface area contributed by atoms with E-state index in [1.54, 1.807) is 0 Å². The Bertz CT molecular complexity index is 584. The molecule has 2 rings (SSSR count). The molecule has 0 radical (unpaired) electrons. The fraction of sp³-hybridized carbons (Fsp3) is 0.619. The minimum Gasteiger partial charge on any atom is -0.356 e. The molecule has 2 N–H and O–H groups in total. The maximum Gasteiger partial charge on any atom is 0.234 e. The molecule has 0 spiro atoms. The van der Waals surface area contributed by atoms with Crippen LogP contribution in [0.25, 0.3) is 0 Å². The summed E-state index contributed by atoms with van der Waals surface area (Å²) >= 11 is 5.87. The molecule has 0 aliphatic carbocycles. The lowest BCUT2D eigenvalue weighted by atomic mass is 9.96.